The number of aromatic nitrogens is 2. The van der Waals surface area contributed by atoms with Crippen LogP contribution in [0, 0.1) is 0 Å². The van der Waals surface area contributed by atoms with Crippen LogP contribution in [0.4, 0.5) is 5.95 Å². The lowest BCUT2D eigenvalue weighted by atomic mass is 9.98. The molecule has 1 aliphatic rings. The molecule has 0 aromatic carbocycles. The number of nitrogens with zero attached hydrogens (tertiary/aromatic N) is 4. The number of carbonyl (C=O) groups is 1. The van der Waals surface area contributed by atoms with Gasteiger partial charge in [0, 0.05) is 65.8 Å². The van der Waals surface area contributed by atoms with Crippen LogP contribution in [-0.4, -0.2) is 85.8 Å². The summed E-state index contributed by atoms with van der Waals surface area (Å²) in [5, 5.41) is 2.90. The van der Waals surface area contributed by atoms with E-state index < -0.39 is 5.60 Å². The van der Waals surface area contributed by atoms with E-state index in [1.165, 1.54) is 0 Å². The Bertz CT molecular complexity index is 537. The molecular weight excluding hydrogens is 310 g/mol. The van der Waals surface area contributed by atoms with Crippen LogP contribution in [0.1, 0.15) is 12.0 Å². The number of methoxy groups -OCH3 is 1. The number of carbonyl (C=O) groups excluding carboxylic acids is 1. The third-order valence-corrected chi connectivity index (χ3v) is 4.17. The van der Waals surface area contributed by atoms with Crippen molar-refractivity contribution in [1.82, 2.24) is 19.8 Å². The largest absolute Gasteiger partial charge is 0.377 e. The molecule has 1 aromatic heterocycles. The normalized spacial score (nSPS) is 22.0. The lowest BCUT2D eigenvalue weighted by Crippen LogP contribution is -2.48. The zero-order valence-corrected chi connectivity index (χ0v) is 14.9. The van der Waals surface area contributed by atoms with Crippen molar-refractivity contribution >= 4 is 11.9 Å². The number of hydrogen-bond acceptors (Lipinski definition) is 7. The lowest BCUT2D eigenvalue weighted by Gasteiger charge is -2.34. The molecule has 0 saturated carbocycles. The number of anilines is 1. The highest BCUT2D eigenvalue weighted by atomic mass is 16.5. The second kappa shape index (κ2) is 8.36. The molecule has 0 bridgehead atoms. The third-order valence-electron chi connectivity index (χ3n) is 4.17. The summed E-state index contributed by atoms with van der Waals surface area (Å²) in [5.41, 5.74) is 0.378. The van der Waals surface area contributed by atoms with Gasteiger partial charge in [0.25, 0.3) is 0 Å². The minimum atomic E-state index is -0.635. The Morgan fingerprint density at radius 2 is 2.17 bits per heavy atom. The second-order valence-electron chi connectivity index (χ2n) is 6.28. The molecule has 0 unspecified atom stereocenters. The van der Waals surface area contributed by atoms with Gasteiger partial charge in [-0.25, -0.2) is 9.97 Å². The highest BCUT2D eigenvalue weighted by Crippen LogP contribution is 2.22. The molecular formula is C16H27N5O3. The van der Waals surface area contributed by atoms with Crippen molar-refractivity contribution in [2.45, 2.75) is 18.6 Å². The lowest BCUT2D eigenvalue weighted by molar-refractivity contribution is -0.139. The number of ether oxygens (including phenoxy) is 2. The third kappa shape index (κ3) is 4.86. The Morgan fingerprint density at radius 3 is 2.75 bits per heavy atom. The van der Waals surface area contributed by atoms with Gasteiger partial charge in [0.15, 0.2) is 0 Å². The number of hydrogen-bond donors (Lipinski definition) is 1. The van der Waals surface area contributed by atoms with Gasteiger partial charge in [-0.2, -0.15) is 0 Å². The summed E-state index contributed by atoms with van der Waals surface area (Å²) in [6, 6.07) is 0. The minimum Gasteiger partial charge on any atom is -0.377 e. The summed E-state index contributed by atoms with van der Waals surface area (Å²) in [4.78, 5) is 24.5. The van der Waals surface area contributed by atoms with Crippen LogP contribution in [0.3, 0.4) is 0 Å². The van der Waals surface area contributed by atoms with Gasteiger partial charge in [0.1, 0.15) is 5.60 Å². The first-order valence-corrected chi connectivity index (χ1v) is 8.02. The van der Waals surface area contributed by atoms with Crippen LogP contribution in [0.5, 0.6) is 0 Å². The fraction of sp³-hybridized carbons (Fsp3) is 0.688. The summed E-state index contributed by atoms with van der Waals surface area (Å²) >= 11 is 0. The molecule has 1 saturated heterocycles. The summed E-state index contributed by atoms with van der Waals surface area (Å²) in [7, 11) is 6.93. The SMILES string of the molecule is CNc1ncc(CN2CCOC[C@@](CC(=O)N(C)C)(OC)C2)cn1. The number of amides is 1. The summed E-state index contributed by atoms with van der Waals surface area (Å²) in [5.74, 6) is 0.629. The number of rotatable bonds is 6. The molecule has 2 rings (SSSR count). The van der Waals surface area contributed by atoms with Crippen molar-refractivity contribution in [2.75, 3.05) is 59.9 Å². The maximum atomic E-state index is 12.2. The summed E-state index contributed by atoms with van der Waals surface area (Å²) < 4.78 is 11.4. The van der Waals surface area contributed by atoms with Crippen molar-refractivity contribution in [3.05, 3.63) is 18.0 Å². The van der Waals surface area contributed by atoms with Crippen LogP contribution in [0.15, 0.2) is 12.4 Å². The Balaban J connectivity index is 2.07. The molecule has 1 aliphatic heterocycles. The monoisotopic (exact) mass is 337 g/mol. The Morgan fingerprint density at radius 1 is 1.46 bits per heavy atom. The van der Waals surface area contributed by atoms with E-state index in [2.05, 4.69) is 20.2 Å². The van der Waals surface area contributed by atoms with Crippen molar-refractivity contribution in [3.8, 4) is 0 Å². The van der Waals surface area contributed by atoms with Crippen molar-refractivity contribution < 1.29 is 14.3 Å². The molecule has 1 aromatic rings. The topological polar surface area (TPSA) is 79.8 Å². The molecule has 134 valence electrons. The van der Waals surface area contributed by atoms with E-state index in [1.54, 1.807) is 33.2 Å². The van der Waals surface area contributed by atoms with E-state index >= 15 is 0 Å². The minimum absolute atomic E-state index is 0.0315. The Kier molecular flexibility index (Phi) is 6.47. The standard InChI is InChI=1S/C16H27N5O3/c1-17-15-18-8-13(9-19-15)10-21-5-6-24-12-16(11-21,23-4)7-14(22)20(2)3/h8-9H,5-7,10-12H2,1-4H3,(H,17,18,19)/t16-/m0/s1. The van der Waals surface area contributed by atoms with Crippen molar-refractivity contribution in [3.63, 3.8) is 0 Å². The van der Waals surface area contributed by atoms with Gasteiger partial charge in [0.2, 0.25) is 11.9 Å². The van der Waals surface area contributed by atoms with E-state index in [4.69, 9.17) is 9.47 Å². The van der Waals surface area contributed by atoms with Crippen LogP contribution in [0.2, 0.25) is 0 Å². The van der Waals surface area contributed by atoms with E-state index in [0.29, 0.717) is 38.7 Å². The van der Waals surface area contributed by atoms with Gasteiger partial charge in [-0.15, -0.1) is 0 Å². The fourth-order valence-electron chi connectivity index (χ4n) is 2.68. The van der Waals surface area contributed by atoms with E-state index in [9.17, 15) is 4.79 Å². The van der Waals surface area contributed by atoms with Gasteiger partial charge in [0.05, 0.1) is 19.6 Å². The van der Waals surface area contributed by atoms with E-state index in [1.807, 2.05) is 12.4 Å². The van der Waals surface area contributed by atoms with Gasteiger partial charge in [-0.05, 0) is 0 Å². The average molecular weight is 337 g/mol. The second-order valence-corrected chi connectivity index (χ2v) is 6.28. The molecule has 1 fully saturated rings. The zero-order valence-electron chi connectivity index (χ0n) is 14.9. The first-order valence-electron chi connectivity index (χ1n) is 8.02. The van der Waals surface area contributed by atoms with Crippen LogP contribution in [0.25, 0.3) is 0 Å². The smallest absolute Gasteiger partial charge is 0.225 e. The summed E-state index contributed by atoms with van der Waals surface area (Å²) in [6.07, 6.45) is 3.91. The van der Waals surface area contributed by atoms with Gasteiger partial charge in [-0.3, -0.25) is 9.69 Å². The first-order chi connectivity index (χ1) is 11.5. The van der Waals surface area contributed by atoms with Gasteiger partial charge >= 0.3 is 0 Å². The van der Waals surface area contributed by atoms with Crippen LogP contribution in [-0.2, 0) is 20.8 Å². The molecule has 1 amide bonds. The summed E-state index contributed by atoms with van der Waals surface area (Å²) in [6.45, 7) is 3.10. The van der Waals surface area contributed by atoms with Gasteiger partial charge < -0.3 is 19.7 Å². The van der Waals surface area contributed by atoms with Crippen molar-refractivity contribution in [2.24, 2.45) is 0 Å². The van der Waals surface area contributed by atoms with E-state index in [0.717, 1.165) is 12.1 Å². The molecule has 2 heterocycles. The highest BCUT2D eigenvalue weighted by molar-refractivity contribution is 5.76. The molecule has 8 nitrogen and oxygen atoms in total. The maximum Gasteiger partial charge on any atom is 0.225 e. The van der Waals surface area contributed by atoms with Crippen LogP contribution < -0.4 is 5.32 Å². The predicted molar refractivity (Wildman–Crippen MR) is 90.7 cm³/mol. The zero-order chi connectivity index (χ0) is 17.6. The van der Waals surface area contributed by atoms with Crippen molar-refractivity contribution in [1.29, 1.82) is 0 Å². The Hall–Kier alpha value is -1.77. The van der Waals surface area contributed by atoms with Gasteiger partial charge in [-0.1, -0.05) is 0 Å². The predicted octanol–water partition coefficient (Wildman–Crippen LogP) is 0.214. The molecule has 1 N–H and O–H groups in total. The highest BCUT2D eigenvalue weighted by Gasteiger charge is 2.37. The molecule has 8 heteroatoms. The maximum absolute atomic E-state index is 12.2. The number of nitrogens with one attached hydrogen (secondary N) is 1. The molecule has 0 spiro atoms. The first kappa shape index (κ1) is 18.6. The van der Waals surface area contributed by atoms with E-state index in [-0.39, 0.29) is 5.91 Å². The Labute approximate surface area is 143 Å². The molecule has 24 heavy (non-hydrogen) atoms. The van der Waals surface area contributed by atoms with Crippen LogP contribution >= 0.6 is 0 Å². The fourth-order valence-corrected chi connectivity index (χ4v) is 2.68. The molecule has 0 aliphatic carbocycles. The molecule has 1 atom stereocenters. The average Bonchev–Trinajstić information content (AvgIpc) is 2.78. The quantitative estimate of drug-likeness (QED) is 0.795. The molecule has 0 radical (unpaired) electrons.